The Morgan fingerprint density at radius 3 is 2.50 bits per heavy atom. The lowest BCUT2D eigenvalue weighted by Crippen LogP contribution is -2.40. The third-order valence-electron chi connectivity index (χ3n) is 5.05. The molecule has 10 heteroatoms. The first kappa shape index (κ1) is 25.6. The summed E-state index contributed by atoms with van der Waals surface area (Å²) in [5.74, 6) is -0.657. The van der Waals surface area contributed by atoms with Gasteiger partial charge in [0.2, 0.25) is 5.09 Å². The highest BCUT2D eigenvalue weighted by Crippen LogP contribution is 2.20. The summed E-state index contributed by atoms with van der Waals surface area (Å²) in [6.45, 7) is 5.70. The van der Waals surface area contributed by atoms with Gasteiger partial charge in [0, 0.05) is 30.4 Å². The number of aromatic nitrogens is 2. The second-order valence-corrected chi connectivity index (χ2v) is 10.9. The monoisotopic (exact) mass is 490 g/mol. The normalized spacial score (nSPS) is 12.1. The van der Waals surface area contributed by atoms with Crippen molar-refractivity contribution >= 4 is 15.9 Å². The van der Waals surface area contributed by atoms with Gasteiger partial charge in [-0.1, -0.05) is 6.42 Å². The summed E-state index contributed by atoms with van der Waals surface area (Å²) in [4.78, 5) is 14.1. The van der Waals surface area contributed by atoms with Crippen molar-refractivity contribution in [2.75, 3.05) is 13.6 Å². The van der Waals surface area contributed by atoms with E-state index in [1.165, 1.54) is 29.2 Å². The Hall–Kier alpha value is -2.98. The fourth-order valence-corrected chi connectivity index (χ4v) is 4.78. The van der Waals surface area contributed by atoms with E-state index in [4.69, 9.17) is 4.42 Å². The lowest BCUT2D eigenvalue weighted by atomic mass is 10.1. The molecule has 1 aromatic carbocycles. The number of aryl methyl sites for hydroxylation is 1. The van der Waals surface area contributed by atoms with Crippen LogP contribution in [0.1, 0.15) is 56.3 Å². The minimum Gasteiger partial charge on any atom is -0.438 e. The van der Waals surface area contributed by atoms with Gasteiger partial charge in [0.1, 0.15) is 5.82 Å². The van der Waals surface area contributed by atoms with Gasteiger partial charge in [-0.15, -0.1) is 0 Å². The quantitative estimate of drug-likeness (QED) is 0.410. The van der Waals surface area contributed by atoms with Crippen molar-refractivity contribution < 1.29 is 22.0 Å². The van der Waals surface area contributed by atoms with Gasteiger partial charge in [-0.3, -0.25) is 9.89 Å². The number of amides is 1. The highest BCUT2D eigenvalue weighted by molar-refractivity contribution is 7.89. The van der Waals surface area contributed by atoms with Crippen LogP contribution in [0.4, 0.5) is 4.39 Å². The molecule has 0 aliphatic rings. The number of H-pyrrole nitrogens is 1. The minimum absolute atomic E-state index is 0.0115. The van der Waals surface area contributed by atoms with E-state index < -0.39 is 15.6 Å². The van der Waals surface area contributed by atoms with Gasteiger partial charge in [0.05, 0.1) is 5.69 Å². The van der Waals surface area contributed by atoms with Crippen molar-refractivity contribution in [3.05, 3.63) is 59.7 Å². The van der Waals surface area contributed by atoms with E-state index in [0.717, 1.165) is 42.6 Å². The van der Waals surface area contributed by atoms with E-state index in [9.17, 15) is 17.6 Å². The summed E-state index contributed by atoms with van der Waals surface area (Å²) >= 11 is 0. The topological polar surface area (TPSA) is 108 Å². The Balaban J connectivity index is 1.43. The SMILES string of the molecule is CN(CCCCCc1cc(-c2ccc(F)cc2)n[nH]1)C(=O)c1ccc(S(=O)(=O)NC(C)(C)C)o1. The van der Waals surface area contributed by atoms with E-state index in [-0.39, 0.29) is 22.6 Å². The molecule has 2 aromatic heterocycles. The van der Waals surface area contributed by atoms with Crippen LogP contribution in [-0.2, 0) is 16.4 Å². The van der Waals surface area contributed by atoms with Crippen molar-refractivity contribution in [1.82, 2.24) is 19.8 Å². The van der Waals surface area contributed by atoms with Crippen molar-refractivity contribution in [1.29, 1.82) is 0 Å². The van der Waals surface area contributed by atoms with Crippen molar-refractivity contribution in [3.63, 3.8) is 0 Å². The fraction of sp³-hybridized carbons (Fsp3) is 0.417. The molecule has 0 aliphatic heterocycles. The van der Waals surface area contributed by atoms with E-state index in [0.29, 0.717) is 6.54 Å². The number of benzene rings is 1. The molecule has 0 aliphatic carbocycles. The highest BCUT2D eigenvalue weighted by Gasteiger charge is 2.26. The first-order chi connectivity index (χ1) is 15.9. The third-order valence-corrected chi connectivity index (χ3v) is 6.69. The Kier molecular flexibility index (Phi) is 7.93. The highest BCUT2D eigenvalue weighted by atomic mass is 32.2. The second kappa shape index (κ2) is 10.5. The molecule has 2 heterocycles. The van der Waals surface area contributed by atoms with Gasteiger partial charge in [0.15, 0.2) is 5.76 Å². The largest absolute Gasteiger partial charge is 0.438 e. The lowest BCUT2D eigenvalue weighted by molar-refractivity contribution is 0.0755. The number of hydrogen-bond donors (Lipinski definition) is 2. The molecule has 2 N–H and O–H groups in total. The van der Waals surface area contributed by atoms with E-state index in [1.54, 1.807) is 40.0 Å². The van der Waals surface area contributed by atoms with Crippen LogP contribution in [0.3, 0.4) is 0 Å². The Bertz CT molecular complexity index is 1210. The maximum atomic E-state index is 13.1. The number of halogens is 1. The molecule has 0 saturated carbocycles. The van der Waals surface area contributed by atoms with Gasteiger partial charge in [-0.05, 0) is 82.5 Å². The summed E-state index contributed by atoms with van der Waals surface area (Å²) < 4.78 is 45.6. The molecule has 0 saturated heterocycles. The molecule has 3 rings (SSSR count). The van der Waals surface area contributed by atoms with Crippen LogP contribution in [0.2, 0.25) is 0 Å². The van der Waals surface area contributed by atoms with E-state index >= 15 is 0 Å². The molecule has 0 spiro atoms. The molecular formula is C24H31FN4O4S. The summed E-state index contributed by atoms with van der Waals surface area (Å²) in [6.07, 6.45) is 3.41. The van der Waals surface area contributed by atoms with E-state index in [2.05, 4.69) is 14.9 Å². The lowest BCUT2D eigenvalue weighted by Gasteiger charge is -2.19. The molecule has 0 atom stereocenters. The summed E-state index contributed by atoms with van der Waals surface area (Å²) in [5, 5.41) is 7.01. The zero-order chi connectivity index (χ0) is 24.9. The molecule has 1 amide bonds. The third kappa shape index (κ3) is 7.01. The van der Waals surface area contributed by atoms with Crippen LogP contribution in [0.5, 0.6) is 0 Å². The summed E-state index contributed by atoms with van der Waals surface area (Å²) in [7, 11) is -2.17. The van der Waals surface area contributed by atoms with Crippen LogP contribution >= 0.6 is 0 Å². The first-order valence-corrected chi connectivity index (χ1v) is 12.6. The molecule has 3 aromatic rings. The van der Waals surface area contributed by atoms with Gasteiger partial charge in [-0.2, -0.15) is 5.10 Å². The zero-order valence-electron chi connectivity index (χ0n) is 19.9. The van der Waals surface area contributed by atoms with Crippen LogP contribution in [0.25, 0.3) is 11.3 Å². The Labute approximate surface area is 199 Å². The van der Waals surface area contributed by atoms with Crippen LogP contribution < -0.4 is 4.72 Å². The number of sulfonamides is 1. The predicted octanol–water partition coefficient (Wildman–Crippen LogP) is 4.37. The van der Waals surface area contributed by atoms with Crippen molar-refractivity contribution in [2.45, 2.75) is 57.1 Å². The molecule has 184 valence electrons. The van der Waals surface area contributed by atoms with Gasteiger partial charge in [-0.25, -0.2) is 17.5 Å². The number of nitrogens with zero attached hydrogens (tertiary/aromatic N) is 2. The zero-order valence-corrected chi connectivity index (χ0v) is 20.7. The number of carbonyl (C=O) groups is 1. The number of carbonyl (C=O) groups excluding carboxylic acids is 1. The Morgan fingerprint density at radius 2 is 1.82 bits per heavy atom. The van der Waals surface area contributed by atoms with Crippen LogP contribution in [0.15, 0.2) is 52.0 Å². The number of furan rings is 1. The summed E-state index contributed by atoms with van der Waals surface area (Å²) in [6, 6.07) is 10.8. The summed E-state index contributed by atoms with van der Waals surface area (Å²) in [5.41, 5.74) is 1.97. The number of aromatic amines is 1. The number of hydrogen-bond acceptors (Lipinski definition) is 5. The van der Waals surface area contributed by atoms with E-state index in [1.807, 2.05) is 6.07 Å². The molecular weight excluding hydrogens is 459 g/mol. The van der Waals surface area contributed by atoms with Gasteiger partial charge in [0.25, 0.3) is 15.9 Å². The number of nitrogens with one attached hydrogen (secondary N) is 2. The van der Waals surface area contributed by atoms with Crippen LogP contribution in [0, 0.1) is 5.82 Å². The number of unbranched alkanes of at least 4 members (excludes halogenated alkanes) is 2. The maximum absolute atomic E-state index is 13.1. The molecule has 8 nitrogen and oxygen atoms in total. The molecule has 0 bridgehead atoms. The smallest absolute Gasteiger partial charge is 0.289 e. The van der Waals surface area contributed by atoms with Crippen molar-refractivity contribution in [2.24, 2.45) is 0 Å². The fourth-order valence-electron chi connectivity index (χ4n) is 3.42. The molecule has 34 heavy (non-hydrogen) atoms. The standard InChI is InChI=1S/C24H31FN4O4S/c1-24(2,3)28-34(31,32)22-14-13-21(33-22)23(30)29(4)15-7-5-6-8-19-16-20(27-26-19)17-9-11-18(25)12-10-17/h9-14,16,28H,5-8,15H2,1-4H3,(H,26,27). The van der Waals surface area contributed by atoms with Crippen molar-refractivity contribution in [3.8, 4) is 11.3 Å². The average molecular weight is 491 g/mol. The molecule has 0 unspecified atom stereocenters. The Morgan fingerprint density at radius 1 is 1.12 bits per heavy atom. The first-order valence-electron chi connectivity index (χ1n) is 11.1. The van der Waals surface area contributed by atoms with Gasteiger partial charge < -0.3 is 9.32 Å². The number of rotatable bonds is 10. The predicted molar refractivity (Wildman–Crippen MR) is 127 cm³/mol. The molecule has 0 fully saturated rings. The second-order valence-electron chi connectivity index (χ2n) is 9.30. The molecule has 0 radical (unpaired) electrons. The minimum atomic E-state index is -3.84. The average Bonchev–Trinajstić information content (AvgIpc) is 3.42. The van der Waals surface area contributed by atoms with Crippen LogP contribution in [-0.4, -0.2) is 48.6 Å². The maximum Gasteiger partial charge on any atom is 0.289 e. The van der Waals surface area contributed by atoms with Gasteiger partial charge >= 0.3 is 0 Å².